The number of rotatable bonds is 8. The van der Waals surface area contributed by atoms with Crippen LogP contribution in [0.2, 0.25) is 0 Å². The molecule has 0 saturated carbocycles. The van der Waals surface area contributed by atoms with Crippen LogP contribution in [0.1, 0.15) is 18.9 Å². The molecule has 2 atom stereocenters. The first-order valence-electron chi connectivity index (χ1n) is 7.28. The normalized spacial score (nSPS) is 12.6. The number of methoxy groups -OCH3 is 1. The minimum Gasteiger partial charge on any atom is -0.467 e. The third-order valence-corrected chi connectivity index (χ3v) is 3.18. The van der Waals surface area contributed by atoms with E-state index in [2.05, 4.69) is 21.9 Å². The van der Waals surface area contributed by atoms with Crippen molar-refractivity contribution >= 4 is 17.8 Å². The number of carbonyl (C=O) groups is 3. The molecule has 2 amide bonds. The van der Waals surface area contributed by atoms with Gasteiger partial charge in [-0.1, -0.05) is 36.4 Å². The molecule has 0 bridgehead atoms. The van der Waals surface area contributed by atoms with Crippen LogP contribution in [-0.4, -0.2) is 37.0 Å². The molecule has 0 heterocycles. The summed E-state index contributed by atoms with van der Waals surface area (Å²) in [4.78, 5) is 35.4. The molecule has 1 rings (SSSR count). The molecule has 0 spiro atoms. The van der Waals surface area contributed by atoms with Gasteiger partial charge < -0.3 is 15.4 Å². The number of hydrogen-bond acceptors (Lipinski definition) is 4. The molecule has 1 aromatic carbocycles. The summed E-state index contributed by atoms with van der Waals surface area (Å²) in [5.41, 5.74) is 0.903. The van der Waals surface area contributed by atoms with Gasteiger partial charge >= 0.3 is 5.97 Å². The van der Waals surface area contributed by atoms with Crippen molar-refractivity contribution in [3.63, 3.8) is 0 Å². The maximum absolute atomic E-state index is 12.4. The van der Waals surface area contributed by atoms with E-state index in [0.29, 0.717) is 6.42 Å². The summed E-state index contributed by atoms with van der Waals surface area (Å²) in [5, 5.41) is 5.20. The van der Waals surface area contributed by atoms with E-state index in [0.717, 1.165) is 5.56 Å². The Balaban J connectivity index is 2.83. The van der Waals surface area contributed by atoms with Gasteiger partial charge in [-0.05, 0) is 12.0 Å². The topological polar surface area (TPSA) is 84.5 Å². The van der Waals surface area contributed by atoms with E-state index in [1.807, 2.05) is 30.3 Å². The van der Waals surface area contributed by atoms with Crippen molar-refractivity contribution in [2.75, 3.05) is 7.11 Å². The van der Waals surface area contributed by atoms with Crippen molar-refractivity contribution in [3.05, 3.63) is 48.6 Å². The average molecular weight is 318 g/mol. The molecular weight excluding hydrogens is 296 g/mol. The van der Waals surface area contributed by atoms with Gasteiger partial charge in [0, 0.05) is 13.3 Å². The summed E-state index contributed by atoms with van der Waals surface area (Å²) in [6.45, 7) is 4.90. The predicted molar refractivity (Wildman–Crippen MR) is 86.5 cm³/mol. The lowest BCUT2D eigenvalue weighted by Crippen LogP contribution is -2.52. The van der Waals surface area contributed by atoms with E-state index < -0.39 is 24.0 Å². The molecule has 0 unspecified atom stereocenters. The zero-order valence-electron chi connectivity index (χ0n) is 13.4. The molecule has 0 aliphatic rings. The zero-order chi connectivity index (χ0) is 17.2. The summed E-state index contributed by atoms with van der Waals surface area (Å²) in [7, 11) is 1.25. The molecule has 6 heteroatoms. The third kappa shape index (κ3) is 6.34. The Morgan fingerprint density at radius 1 is 1.17 bits per heavy atom. The number of esters is 1. The molecule has 0 radical (unpaired) electrons. The van der Waals surface area contributed by atoms with Crippen molar-refractivity contribution in [3.8, 4) is 0 Å². The van der Waals surface area contributed by atoms with Crippen LogP contribution in [0.25, 0.3) is 0 Å². The Kier molecular flexibility index (Phi) is 7.53. The van der Waals surface area contributed by atoms with Gasteiger partial charge in [0.2, 0.25) is 11.8 Å². The van der Waals surface area contributed by atoms with Crippen LogP contribution in [0, 0.1) is 0 Å². The van der Waals surface area contributed by atoms with E-state index in [4.69, 9.17) is 0 Å². The Labute approximate surface area is 135 Å². The fraction of sp³-hybridized carbons (Fsp3) is 0.353. The maximum Gasteiger partial charge on any atom is 0.328 e. The highest BCUT2D eigenvalue weighted by Gasteiger charge is 2.26. The fourth-order valence-corrected chi connectivity index (χ4v) is 2.10. The summed E-state index contributed by atoms with van der Waals surface area (Å²) < 4.78 is 4.66. The van der Waals surface area contributed by atoms with E-state index in [1.165, 1.54) is 20.1 Å². The number of ether oxygens (including phenoxy) is 1. The lowest BCUT2D eigenvalue weighted by Gasteiger charge is -2.21. The van der Waals surface area contributed by atoms with Crippen LogP contribution in [-0.2, 0) is 25.5 Å². The summed E-state index contributed by atoms with van der Waals surface area (Å²) in [6, 6.07) is 7.71. The highest BCUT2D eigenvalue weighted by molar-refractivity contribution is 5.90. The van der Waals surface area contributed by atoms with E-state index in [9.17, 15) is 14.4 Å². The second kappa shape index (κ2) is 9.40. The van der Waals surface area contributed by atoms with Gasteiger partial charge in [-0.15, -0.1) is 6.58 Å². The quantitative estimate of drug-likeness (QED) is 0.552. The largest absolute Gasteiger partial charge is 0.467 e. The van der Waals surface area contributed by atoms with Crippen LogP contribution in [0.3, 0.4) is 0 Å². The summed E-state index contributed by atoms with van der Waals surface area (Å²) >= 11 is 0. The van der Waals surface area contributed by atoms with Crippen molar-refractivity contribution in [1.82, 2.24) is 10.6 Å². The van der Waals surface area contributed by atoms with Crippen molar-refractivity contribution in [2.45, 2.75) is 31.8 Å². The first-order chi connectivity index (χ1) is 11.0. The van der Waals surface area contributed by atoms with Crippen LogP contribution in [0.4, 0.5) is 0 Å². The molecule has 0 aliphatic carbocycles. The van der Waals surface area contributed by atoms with Gasteiger partial charge in [0.25, 0.3) is 0 Å². The molecule has 6 nitrogen and oxygen atoms in total. The maximum atomic E-state index is 12.4. The van der Waals surface area contributed by atoms with Crippen LogP contribution in [0.5, 0.6) is 0 Å². The van der Waals surface area contributed by atoms with Gasteiger partial charge in [0.05, 0.1) is 7.11 Å². The Morgan fingerprint density at radius 2 is 1.83 bits per heavy atom. The molecule has 2 N–H and O–H groups in total. The highest BCUT2D eigenvalue weighted by Crippen LogP contribution is 2.05. The summed E-state index contributed by atoms with van der Waals surface area (Å²) in [6.07, 6.45) is 2.09. The Morgan fingerprint density at radius 3 is 2.35 bits per heavy atom. The molecule has 0 fully saturated rings. The van der Waals surface area contributed by atoms with Crippen LogP contribution >= 0.6 is 0 Å². The van der Waals surface area contributed by atoms with Crippen LogP contribution < -0.4 is 10.6 Å². The number of amides is 2. The first kappa shape index (κ1) is 18.4. The lowest BCUT2D eigenvalue weighted by atomic mass is 10.0. The molecular formula is C17H22N2O4. The molecule has 0 saturated heterocycles. The zero-order valence-corrected chi connectivity index (χ0v) is 13.4. The number of benzene rings is 1. The monoisotopic (exact) mass is 318 g/mol. The second-order valence-corrected chi connectivity index (χ2v) is 5.05. The van der Waals surface area contributed by atoms with E-state index >= 15 is 0 Å². The Bertz CT molecular complexity index is 557. The first-order valence-corrected chi connectivity index (χ1v) is 7.28. The summed E-state index contributed by atoms with van der Waals surface area (Å²) in [5.74, 6) is -1.32. The van der Waals surface area contributed by atoms with Crippen molar-refractivity contribution in [1.29, 1.82) is 0 Å². The van der Waals surface area contributed by atoms with Crippen LogP contribution in [0.15, 0.2) is 43.0 Å². The minimum absolute atomic E-state index is 0.247. The molecule has 23 heavy (non-hydrogen) atoms. The Hall–Kier alpha value is -2.63. The van der Waals surface area contributed by atoms with E-state index in [-0.39, 0.29) is 12.3 Å². The van der Waals surface area contributed by atoms with Gasteiger partial charge in [-0.3, -0.25) is 9.59 Å². The molecule has 124 valence electrons. The minimum atomic E-state index is -0.822. The number of carbonyl (C=O) groups excluding carboxylic acids is 3. The predicted octanol–water partition coefficient (Wildman–Crippen LogP) is 0.968. The number of hydrogen-bond donors (Lipinski definition) is 2. The van der Waals surface area contributed by atoms with Gasteiger partial charge in [-0.2, -0.15) is 0 Å². The molecule has 1 aromatic rings. The standard InChI is InChI=1S/C17H22N2O4/c1-4-8-14(17(22)23-3)19-16(21)15(18-12(2)20)11-13-9-6-5-7-10-13/h4-7,9-10,14-15H,1,8,11H2,2-3H3,(H,18,20)(H,19,21)/t14-,15-/m1/s1. The number of nitrogens with one attached hydrogen (secondary N) is 2. The third-order valence-electron chi connectivity index (χ3n) is 3.18. The van der Waals surface area contributed by atoms with E-state index in [1.54, 1.807) is 0 Å². The lowest BCUT2D eigenvalue weighted by molar-refractivity contribution is -0.145. The van der Waals surface area contributed by atoms with Gasteiger partial charge in [-0.25, -0.2) is 4.79 Å². The SMILES string of the molecule is C=CC[C@@H](NC(=O)[C@@H](Cc1ccccc1)NC(C)=O)C(=O)OC. The van der Waals surface area contributed by atoms with Crippen molar-refractivity contribution < 1.29 is 19.1 Å². The van der Waals surface area contributed by atoms with Gasteiger partial charge in [0.1, 0.15) is 12.1 Å². The van der Waals surface area contributed by atoms with Crippen molar-refractivity contribution in [2.24, 2.45) is 0 Å². The molecule has 0 aliphatic heterocycles. The smallest absolute Gasteiger partial charge is 0.328 e. The second-order valence-electron chi connectivity index (χ2n) is 5.05. The highest BCUT2D eigenvalue weighted by atomic mass is 16.5. The average Bonchev–Trinajstić information content (AvgIpc) is 2.53. The molecule has 0 aromatic heterocycles. The van der Waals surface area contributed by atoms with Gasteiger partial charge in [0.15, 0.2) is 0 Å². The fourth-order valence-electron chi connectivity index (χ4n) is 2.10.